The van der Waals surface area contributed by atoms with Gasteiger partial charge in [0.05, 0.1) is 0 Å². The van der Waals surface area contributed by atoms with Crippen LogP contribution in [0.1, 0.15) is 0 Å². The Hall–Kier alpha value is -1.33. The van der Waals surface area contributed by atoms with Crippen molar-refractivity contribution in [2.24, 2.45) is 0 Å². The fraction of sp³-hybridized carbons (Fsp3) is 0.235. The molecular weight excluding hydrogens is 337 g/mol. The Balaban J connectivity index is 2.17. The third kappa shape index (κ3) is 2.72. The average molecular weight is 357 g/mol. The van der Waals surface area contributed by atoms with Gasteiger partial charge >= 0.3 is 132 Å². The monoisotopic (exact) mass is 358 g/mol. The summed E-state index contributed by atoms with van der Waals surface area (Å²) < 4.78 is 3.83. The van der Waals surface area contributed by atoms with Crippen LogP contribution >= 0.6 is 11.3 Å². The molecule has 0 saturated carbocycles. The van der Waals surface area contributed by atoms with Crippen molar-refractivity contribution in [3.05, 3.63) is 49.1 Å². The molecule has 0 bridgehead atoms. The molecule has 0 spiro atoms. The fourth-order valence-corrected chi connectivity index (χ4v) is 7.34. The van der Waals surface area contributed by atoms with Crippen molar-refractivity contribution < 1.29 is 0 Å². The molecule has 0 aliphatic heterocycles. The van der Waals surface area contributed by atoms with Crippen LogP contribution in [-0.2, 0) is 6.54 Å². The Morgan fingerprint density at radius 2 is 1.95 bits per heavy atom. The minimum atomic E-state index is -1.76. The maximum atomic E-state index is 4.84. The Labute approximate surface area is 132 Å². The summed E-state index contributed by atoms with van der Waals surface area (Å²) in [5, 5.41) is 0. The third-order valence-electron chi connectivity index (χ3n) is 3.53. The van der Waals surface area contributed by atoms with Crippen LogP contribution in [0.25, 0.3) is 21.7 Å². The van der Waals surface area contributed by atoms with Crippen LogP contribution < -0.4 is 3.71 Å². The van der Waals surface area contributed by atoms with Gasteiger partial charge in [-0.05, 0) is 0 Å². The molecule has 108 valence electrons. The summed E-state index contributed by atoms with van der Waals surface area (Å²) in [4.78, 5) is 6.11. The average Bonchev–Trinajstić information content (AvgIpc) is 3.03. The van der Waals surface area contributed by atoms with E-state index in [0.717, 1.165) is 17.9 Å². The van der Waals surface area contributed by atoms with Crippen molar-refractivity contribution in [3.8, 4) is 10.7 Å². The minimum absolute atomic E-state index is 0.792. The first-order valence-corrected chi connectivity index (χ1v) is 15.3. The Morgan fingerprint density at radius 3 is 2.62 bits per heavy atom. The van der Waals surface area contributed by atoms with Gasteiger partial charge in [0.2, 0.25) is 0 Å². The van der Waals surface area contributed by atoms with E-state index >= 15 is 0 Å². The van der Waals surface area contributed by atoms with E-state index in [0.29, 0.717) is 0 Å². The molecular formula is C17H20GeN2S. The van der Waals surface area contributed by atoms with Gasteiger partial charge in [-0.2, -0.15) is 0 Å². The summed E-state index contributed by atoms with van der Waals surface area (Å²) in [5.41, 5.74) is 2.24. The summed E-state index contributed by atoms with van der Waals surface area (Å²) >= 11 is 0.152. The predicted octanol–water partition coefficient (Wildman–Crippen LogP) is 4.50. The van der Waals surface area contributed by atoms with Gasteiger partial charge in [0.15, 0.2) is 0 Å². The van der Waals surface area contributed by atoms with Gasteiger partial charge in [-0.3, -0.25) is 0 Å². The van der Waals surface area contributed by atoms with Gasteiger partial charge in [-0.1, -0.05) is 0 Å². The van der Waals surface area contributed by atoms with Crippen LogP contribution in [0.3, 0.4) is 0 Å². The number of aromatic nitrogens is 2. The molecule has 2 heterocycles. The van der Waals surface area contributed by atoms with E-state index in [9.17, 15) is 0 Å². The van der Waals surface area contributed by atoms with Gasteiger partial charge in [0.1, 0.15) is 0 Å². The number of benzene rings is 1. The van der Waals surface area contributed by atoms with Crippen molar-refractivity contribution in [3.63, 3.8) is 0 Å². The first-order chi connectivity index (χ1) is 10.0. The van der Waals surface area contributed by atoms with E-state index in [1.54, 1.807) is 3.71 Å². The summed E-state index contributed by atoms with van der Waals surface area (Å²) in [6, 6.07) is 12.9. The Morgan fingerprint density at radius 1 is 1.19 bits per heavy atom. The molecule has 0 N–H and O–H groups in total. The van der Waals surface area contributed by atoms with Gasteiger partial charge in [-0.15, -0.1) is 0 Å². The van der Waals surface area contributed by atoms with Crippen LogP contribution in [0.5, 0.6) is 0 Å². The molecule has 0 unspecified atom stereocenters. The summed E-state index contributed by atoms with van der Waals surface area (Å²) in [6.07, 6.45) is 1.94. The predicted molar refractivity (Wildman–Crippen MR) is 96.2 cm³/mol. The van der Waals surface area contributed by atoms with E-state index in [-0.39, 0.29) is 0 Å². The van der Waals surface area contributed by atoms with Crippen molar-refractivity contribution in [1.29, 1.82) is 0 Å². The van der Waals surface area contributed by atoms with Crippen molar-refractivity contribution >= 4 is 39.3 Å². The topological polar surface area (TPSA) is 17.8 Å². The van der Waals surface area contributed by atoms with Crippen LogP contribution in [-0.4, -0.2) is 22.8 Å². The van der Waals surface area contributed by atoms with Crippen molar-refractivity contribution in [2.75, 3.05) is 0 Å². The number of rotatable bonds is 4. The first-order valence-electron chi connectivity index (χ1n) is 7.17. The molecule has 0 aliphatic rings. The second-order valence-electron chi connectivity index (χ2n) is 6.24. The molecule has 2 aromatic heterocycles. The van der Waals surface area contributed by atoms with Crippen molar-refractivity contribution in [2.45, 2.75) is 23.8 Å². The zero-order chi connectivity index (χ0) is 15.0. The number of allylic oxidation sites excluding steroid dienone is 1. The van der Waals surface area contributed by atoms with Crippen LogP contribution in [0.15, 0.2) is 49.1 Å². The van der Waals surface area contributed by atoms with E-state index in [2.05, 4.69) is 58.7 Å². The summed E-state index contributed by atoms with van der Waals surface area (Å²) in [6.45, 7) is 4.68. The zero-order valence-electron chi connectivity index (χ0n) is 12.8. The molecule has 0 atom stereocenters. The number of thiophene rings is 1. The number of hydrogen-bond donors (Lipinski definition) is 0. The van der Waals surface area contributed by atoms with Gasteiger partial charge in [0.25, 0.3) is 0 Å². The van der Waals surface area contributed by atoms with Crippen LogP contribution in [0.4, 0.5) is 0 Å². The summed E-state index contributed by atoms with van der Waals surface area (Å²) in [7, 11) is 0. The van der Waals surface area contributed by atoms with Gasteiger partial charge < -0.3 is 0 Å². The quantitative estimate of drug-likeness (QED) is 0.497. The SMILES string of the molecule is C=CCn1c(-c2cc[c]([Ge]([CH3])([CH3])[CH3])s2)nc2ccccc21. The summed E-state index contributed by atoms with van der Waals surface area (Å²) in [5.74, 6) is 8.37. The number of fused-ring (bicyclic) bond motifs is 1. The fourth-order valence-electron chi connectivity index (χ4n) is 2.44. The van der Waals surface area contributed by atoms with Crippen molar-refractivity contribution in [1.82, 2.24) is 9.55 Å². The molecule has 2 nitrogen and oxygen atoms in total. The second kappa shape index (κ2) is 5.46. The number of para-hydroxylation sites is 2. The molecule has 3 aromatic rings. The molecule has 0 saturated heterocycles. The molecule has 0 amide bonds. The number of hydrogen-bond acceptors (Lipinski definition) is 2. The maximum absolute atomic E-state index is 4.84. The molecule has 21 heavy (non-hydrogen) atoms. The van der Waals surface area contributed by atoms with E-state index in [1.165, 1.54) is 10.4 Å². The van der Waals surface area contributed by atoms with Gasteiger partial charge in [0, 0.05) is 0 Å². The Kier molecular flexibility index (Phi) is 3.80. The molecule has 3 rings (SSSR count). The normalized spacial score (nSPS) is 12.0. The molecule has 4 heteroatoms. The zero-order valence-corrected chi connectivity index (χ0v) is 15.7. The Bertz CT molecular complexity index is 793. The standard InChI is InChI=1S/C17H20GeN2S/c1-5-12-20-14-9-7-6-8-13(14)19-17(20)15-10-11-16(21-15)18(2,3)4/h5-11H,1,12H2,2-4H3. The van der Waals surface area contributed by atoms with E-state index < -0.39 is 13.3 Å². The molecule has 0 fully saturated rings. The number of nitrogens with zero attached hydrogens (tertiary/aromatic N) is 2. The molecule has 0 aliphatic carbocycles. The van der Waals surface area contributed by atoms with E-state index in [1.807, 2.05) is 23.5 Å². The van der Waals surface area contributed by atoms with Gasteiger partial charge in [-0.25, -0.2) is 0 Å². The van der Waals surface area contributed by atoms with Crippen LogP contribution in [0, 0.1) is 0 Å². The first kappa shape index (κ1) is 14.6. The van der Waals surface area contributed by atoms with Crippen LogP contribution in [0.2, 0.25) is 17.3 Å². The van der Waals surface area contributed by atoms with E-state index in [4.69, 9.17) is 4.98 Å². The molecule has 1 aromatic carbocycles. The third-order valence-corrected chi connectivity index (χ3v) is 11.7. The molecule has 0 radical (unpaired) electrons. The number of imidazole rings is 1. The second-order valence-corrected chi connectivity index (χ2v) is 18.7.